The number of benzene rings is 1. The fraction of sp³-hybridized carbons (Fsp3) is 0.529. The van der Waals surface area contributed by atoms with Gasteiger partial charge in [0.2, 0.25) is 0 Å². The Morgan fingerprint density at radius 3 is 2.48 bits per heavy atom. The van der Waals surface area contributed by atoms with Crippen LogP contribution in [-0.2, 0) is 0 Å². The molecule has 3 nitrogen and oxygen atoms in total. The van der Waals surface area contributed by atoms with E-state index in [9.17, 15) is 5.11 Å². The van der Waals surface area contributed by atoms with Crippen molar-refractivity contribution < 1.29 is 14.6 Å². The van der Waals surface area contributed by atoms with Gasteiger partial charge in [0, 0.05) is 16.8 Å². The van der Waals surface area contributed by atoms with E-state index in [2.05, 4.69) is 27.8 Å². The summed E-state index contributed by atoms with van der Waals surface area (Å²) in [5.74, 6) is 8.16. The predicted molar refractivity (Wildman–Crippen MR) is 86.6 cm³/mol. The highest BCUT2D eigenvalue weighted by Gasteiger charge is 2.16. The molecule has 1 N–H and O–H groups in total. The molecule has 0 bridgehead atoms. The van der Waals surface area contributed by atoms with Crippen LogP contribution in [0.2, 0.25) is 0 Å². The van der Waals surface area contributed by atoms with Crippen molar-refractivity contribution in [2.24, 2.45) is 5.92 Å². The summed E-state index contributed by atoms with van der Waals surface area (Å²) in [4.78, 5) is 0. The molecule has 0 radical (unpaired) electrons. The number of hydrogen-bond donors (Lipinski definition) is 1. The van der Waals surface area contributed by atoms with Crippen LogP contribution >= 0.6 is 15.9 Å². The van der Waals surface area contributed by atoms with Crippen molar-refractivity contribution in [2.75, 3.05) is 14.2 Å². The Kier molecular flexibility index (Phi) is 5.96. The first-order valence-electron chi connectivity index (χ1n) is 7.23. The lowest BCUT2D eigenvalue weighted by Crippen LogP contribution is -2.00. The lowest BCUT2D eigenvalue weighted by Gasteiger charge is -2.14. The summed E-state index contributed by atoms with van der Waals surface area (Å²) in [7, 11) is 3.18. The van der Waals surface area contributed by atoms with E-state index >= 15 is 0 Å². The quantitative estimate of drug-likeness (QED) is 0.829. The second-order valence-electron chi connectivity index (χ2n) is 5.25. The van der Waals surface area contributed by atoms with Gasteiger partial charge in [0.05, 0.1) is 20.3 Å². The van der Waals surface area contributed by atoms with Crippen molar-refractivity contribution in [1.82, 2.24) is 0 Å². The molecule has 2 rings (SSSR count). The molecular formula is C17H21BrO3. The number of ether oxygens (including phenoxy) is 2. The Morgan fingerprint density at radius 2 is 1.86 bits per heavy atom. The first-order chi connectivity index (χ1) is 10.2. The normalized spacial score (nSPS) is 16.2. The molecule has 0 heterocycles. The molecular weight excluding hydrogens is 332 g/mol. The number of hydrogen-bond acceptors (Lipinski definition) is 3. The molecule has 114 valence electrons. The molecule has 1 unspecified atom stereocenters. The summed E-state index contributed by atoms with van der Waals surface area (Å²) in [5, 5.41) is 10.3. The molecule has 0 aliphatic heterocycles. The van der Waals surface area contributed by atoms with E-state index in [0.29, 0.717) is 23.8 Å². The molecule has 1 aromatic carbocycles. The van der Waals surface area contributed by atoms with Gasteiger partial charge in [-0.1, -0.05) is 40.6 Å². The van der Waals surface area contributed by atoms with Gasteiger partial charge in [-0.25, -0.2) is 0 Å². The lowest BCUT2D eigenvalue weighted by atomic mass is 10.0. The molecule has 1 atom stereocenters. The Hall–Kier alpha value is -1.18. The van der Waals surface area contributed by atoms with Gasteiger partial charge in [-0.15, -0.1) is 0 Å². The van der Waals surface area contributed by atoms with Crippen molar-refractivity contribution in [3.8, 4) is 23.3 Å². The average Bonchev–Trinajstić information content (AvgIpc) is 3.00. The maximum Gasteiger partial charge on any atom is 0.161 e. The molecule has 0 amide bonds. The number of halogens is 1. The minimum Gasteiger partial charge on any atom is -0.493 e. The molecule has 1 aliphatic rings. The first kappa shape index (κ1) is 16.2. The third-order valence-corrected chi connectivity index (χ3v) is 4.51. The zero-order valence-electron chi connectivity index (χ0n) is 12.5. The molecule has 4 heteroatoms. The fourth-order valence-corrected chi connectivity index (χ4v) is 3.19. The van der Waals surface area contributed by atoms with Gasteiger partial charge < -0.3 is 14.6 Å². The Bertz CT molecular complexity index is 539. The van der Waals surface area contributed by atoms with Crippen LogP contribution in [0.25, 0.3) is 0 Å². The van der Waals surface area contributed by atoms with Crippen LogP contribution in [0.5, 0.6) is 11.5 Å². The number of aliphatic hydroxyl groups excluding tert-OH is 1. The summed E-state index contributed by atoms with van der Waals surface area (Å²) in [6.45, 7) is 0. The fourth-order valence-electron chi connectivity index (χ4n) is 2.61. The average molecular weight is 353 g/mol. The first-order valence-corrected chi connectivity index (χ1v) is 8.03. The largest absolute Gasteiger partial charge is 0.493 e. The van der Waals surface area contributed by atoms with Crippen molar-refractivity contribution in [1.29, 1.82) is 0 Å². The molecule has 1 aromatic rings. The van der Waals surface area contributed by atoms with Crippen LogP contribution in [0.1, 0.15) is 43.8 Å². The topological polar surface area (TPSA) is 38.7 Å². The highest BCUT2D eigenvalue weighted by atomic mass is 79.9. The number of rotatable bonds is 4. The molecule has 1 fully saturated rings. The summed E-state index contributed by atoms with van der Waals surface area (Å²) in [5.41, 5.74) is 0.772. The van der Waals surface area contributed by atoms with Gasteiger partial charge in [0.1, 0.15) is 0 Å². The van der Waals surface area contributed by atoms with Crippen LogP contribution in [0.4, 0.5) is 0 Å². The van der Waals surface area contributed by atoms with Gasteiger partial charge >= 0.3 is 0 Å². The van der Waals surface area contributed by atoms with Gasteiger partial charge in [0.25, 0.3) is 0 Å². The summed E-state index contributed by atoms with van der Waals surface area (Å²) in [6.07, 6.45) is 4.76. The maximum absolute atomic E-state index is 10.3. The summed E-state index contributed by atoms with van der Waals surface area (Å²) < 4.78 is 11.3. The van der Waals surface area contributed by atoms with E-state index in [1.165, 1.54) is 25.7 Å². The second-order valence-corrected chi connectivity index (χ2v) is 6.11. The molecule has 1 saturated carbocycles. The van der Waals surface area contributed by atoms with E-state index in [1.807, 2.05) is 6.07 Å². The highest BCUT2D eigenvalue weighted by Crippen LogP contribution is 2.36. The zero-order chi connectivity index (χ0) is 15.2. The molecule has 21 heavy (non-hydrogen) atoms. The van der Waals surface area contributed by atoms with Crippen molar-refractivity contribution >= 4 is 15.9 Å². The van der Waals surface area contributed by atoms with Crippen LogP contribution in [0, 0.1) is 17.8 Å². The van der Waals surface area contributed by atoms with Crippen LogP contribution in [-0.4, -0.2) is 19.3 Å². The van der Waals surface area contributed by atoms with E-state index in [1.54, 1.807) is 20.3 Å². The van der Waals surface area contributed by atoms with E-state index < -0.39 is 6.10 Å². The summed E-state index contributed by atoms with van der Waals surface area (Å²) in [6, 6.07) is 3.60. The Labute approximate surface area is 134 Å². The van der Waals surface area contributed by atoms with Crippen molar-refractivity contribution in [3.63, 3.8) is 0 Å². The van der Waals surface area contributed by atoms with E-state index in [4.69, 9.17) is 9.47 Å². The van der Waals surface area contributed by atoms with Crippen LogP contribution in [0.3, 0.4) is 0 Å². The Morgan fingerprint density at radius 1 is 1.24 bits per heavy atom. The third kappa shape index (κ3) is 4.15. The Balaban J connectivity index is 2.09. The number of methoxy groups -OCH3 is 2. The van der Waals surface area contributed by atoms with E-state index in [0.717, 1.165) is 10.0 Å². The van der Waals surface area contributed by atoms with E-state index in [-0.39, 0.29) is 0 Å². The minimum absolute atomic E-state index is 0.435. The summed E-state index contributed by atoms with van der Waals surface area (Å²) >= 11 is 3.47. The van der Waals surface area contributed by atoms with Crippen LogP contribution < -0.4 is 9.47 Å². The number of aliphatic hydroxyl groups is 1. The monoisotopic (exact) mass is 352 g/mol. The molecule has 0 saturated heterocycles. The van der Waals surface area contributed by atoms with Crippen molar-refractivity contribution in [3.05, 3.63) is 22.2 Å². The van der Waals surface area contributed by atoms with Crippen LogP contribution in [0.15, 0.2) is 16.6 Å². The van der Waals surface area contributed by atoms with Gasteiger partial charge in [-0.2, -0.15) is 0 Å². The molecule has 0 aromatic heterocycles. The van der Waals surface area contributed by atoms with Gasteiger partial charge in [0.15, 0.2) is 11.5 Å². The van der Waals surface area contributed by atoms with Crippen molar-refractivity contribution in [2.45, 2.75) is 38.2 Å². The minimum atomic E-state index is -0.631. The predicted octanol–water partition coefficient (Wildman–Crippen LogP) is 4.08. The zero-order valence-corrected chi connectivity index (χ0v) is 14.1. The SMILES string of the molecule is COc1cc(Br)c(C(O)CC#CC2CCCC2)cc1OC. The molecule has 1 aliphatic carbocycles. The third-order valence-electron chi connectivity index (χ3n) is 3.82. The second kappa shape index (κ2) is 7.72. The van der Waals surface area contributed by atoms with Gasteiger partial charge in [-0.3, -0.25) is 0 Å². The lowest BCUT2D eigenvalue weighted by molar-refractivity contribution is 0.182. The highest BCUT2D eigenvalue weighted by molar-refractivity contribution is 9.10. The standard InChI is InChI=1S/C17H21BrO3/c1-20-16-10-13(14(18)11-17(16)21-2)15(19)9-5-8-12-6-3-4-7-12/h10-12,15,19H,3-4,6-7,9H2,1-2H3. The van der Waals surface area contributed by atoms with Gasteiger partial charge in [-0.05, 0) is 30.5 Å². The molecule has 0 spiro atoms. The maximum atomic E-state index is 10.3. The smallest absolute Gasteiger partial charge is 0.161 e.